The van der Waals surface area contributed by atoms with Gasteiger partial charge >= 0.3 is 0 Å². The van der Waals surface area contributed by atoms with Gasteiger partial charge in [-0.3, -0.25) is 4.79 Å². The molecule has 0 radical (unpaired) electrons. The van der Waals surface area contributed by atoms with E-state index in [1.165, 1.54) is 6.42 Å². The molecule has 1 aliphatic heterocycles. The van der Waals surface area contributed by atoms with Crippen molar-refractivity contribution >= 4 is 5.91 Å². The summed E-state index contributed by atoms with van der Waals surface area (Å²) in [7, 11) is 0. The summed E-state index contributed by atoms with van der Waals surface area (Å²) in [6.45, 7) is 3.79. The normalized spacial score (nSPS) is 29.8. The first-order valence-electron chi connectivity index (χ1n) is 9.71. The van der Waals surface area contributed by atoms with E-state index >= 15 is 0 Å². The quantitative estimate of drug-likeness (QED) is 0.803. The Bertz CT molecular complexity index is 558. The average molecular weight is 345 g/mol. The molecule has 1 saturated heterocycles. The van der Waals surface area contributed by atoms with E-state index in [0.717, 1.165) is 44.2 Å². The molecule has 138 valence electrons. The Morgan fingerprint density at radius 3 is 2.80 bits per heavy atom. The van der Waals surface area contributed by atoms with E-state index < -0.39 is 5.60 Å². The van der Waals surface area contributed by atoms with Gasteiger partial charge in [0, 0.05) is 18.5 Å². The van der Waals surface area contributed by atoms with Crippen LogP contribution < -0.4 is 0 Å². The van der Waals surface area contributed by atoms with Crippen molar-refractivity contribution in [3.8, 4) is 0 Å². The molecule has 25 heavy (non-hydrogen) atoms. The Morgan fingerprint density at radius 2 is 2.04 bits per heavy atom. The van der Waals surface area contributed by atoms with Crippen LogP contribution in [0.3, 0.4) is 0 Å². The zero-order valence-electron chi connectivity index (χ0n) is 15.3. The van der Waals surface area contributed by atoms with Gasteiger partial charge in [0.25, 0.3) is 0 Å². The van der Waals surface area contributed by atoms with Gasteiger partial charge in [-0.1, -0.05) is 43.2 Å². The van der Waals surface area contributed by atoms with Crippen LogP contribution in [0.15, 0.2) is 30.3 Å². The first-order chi connectivity index (χ1) is 12.1. The Morgan fingerprint density at radius 1 is 1.24 bits per heavy atom. The van der Waals surface area contributed by atoms with Crippen molar-refractivity contribution < 1.29 is 14.6 Å². The Kier molecular flexibility index (Phi) is 6.13. The first kappa shape index (κ1) is 18.4. The molecule has 1 amide bonds. The number of ether oxygens (including phenoxy) is 1. The van der Waals surface area contributed by atoms with E-state index in [0.29, 0.717) is 19.6 Å². The molecule has 1 aromatic carbocycles. The maximum Gasteiger partial charge on any atom is 0.225 e. The highest BCUT2D eigenvalue weighted by Crippen LogP contribution is 2.40. The molecule has 2 fully saturated rings. The molecule has 3 atom stereocenters. The summed E-state index contributed by atoms with van der Waals surface area (Å²) < 4.78 is 5.67. The third-order valence-electron chi connectivity index (χ3n) is 5.90. The molecule has 1 aromatic rings. The molecule has 1 heterocycles. The van der Waals surface area contributed by atoms with Crippen LogP contribution in [0.1, 0.15) is 57.4 Å². The van der Waals surface area contributed by atoms with Gasteiger partial charge in [-0.25, -0.2) is 0 Å². The standard InChI is InChI=1S/C21H31NO3/c1-21(24)13-6-5-10-18(21)19-11-7-14-22(19)20(23)12-15-25-16-17-8-3-2-4-9-17/h2-4,8-9,18-19,24H,5-7,10-16H2,1H3/t18-,19+,21-/m0/s1. The van der Waals surface area contributed by atoms with E-state index in [2.05, 4.69) is 0 Å². The zero-order chi connectivity index (χ0) is 17.7. The molecule has 1 aliphatic carbocycles. The minimum atomic E-state index is -0.629. The van der Waals surface area contributed by atoms with Crippen LogP contribution in [-0.4, -0.2) is 40.7 Å². The molecule has 1 saturated carbocycles. The van der Waals surface area contributed by atoms with Crippen LogP contribution in [0.5, 0.6) is 0 Å². The minimum absolute atomic E-state index is 0.178. The number of amides is 1. The third kappa shape index (κ3) is 4.62. The largest absolute Gasteiger partial charge is 0.390 e. The second-order valence-electron chi connectivity index (χ2n) is 7.79. The van der Waals surface area contributed by atoms with Gasteiger partial charge in [0.15, 0.2) is 0 Å². The summed E-state index contributed by atoms with van der Waals surface area (Å²) in [5.41, 5.74) is 0.502. The lowest BCUT2D eigenvalue weighted by Gasteiger charge is -2.43. The summed E-state index contributed by atoms with van der Waals surface area (Å²) >= 11 is 0. The summed E-state index contributed by atoms with van der Waals surface area (Å²) in [6, 6.07) is 10.2. The summed E-state index contributed by atoms with van der Waals surface area (Å²) in [5, 5.41) is 10.8. The molecule has 0 bridgehead atoms. The molecule has 3 rings (SSSR count). The van der Waals surface area contributed by atoms with Crippen LogP contribution in [0, 0.1) is 5.92 Å². The topological polar surface area (TPSA) is 49.8 Å². The van der Waals surface area contributed by atoms with E-state index in [1.807, 2.05) is 42.2 Å². The highest BCUT2D eigenvalue weighted by atomic mass is 16.5. The molecule has 4 nitrogen and oxygen atoms in total. The van der Waals surface area contributed by atoms with Gasteiger partial charge < -0.3 is 14.7 Å². The minimum Gasteiger partial charge on any atom is -0.390 e. The van der Waals surface area contributed by atoms with E-state index in [-0.39, 0.29) is 17.9 Å². The lowest BCUT2D eigenvalue weighted by molar-refractivity contribution is -0.137. The molecule has 4 heteroatoms. The maximum atomic E-state index is 12.7. The molecule has 0 unspecified atom stereocenters. The number of carbonyl (C=O) groups is 1. The Labute approximate surface area is 151 Å². The fourth-order valence-corrected chi connectivity index (χ4v) is 4.54. The van der Waals surface area contributed by atoms with Gasteiger partial charge in [0.1, 0.15) is 0 Å². The van der Waals surface area contributed by atoms with Crippen molar-refractivity contribution in [2.24, 2.45) is 5.92 Å². The fourth-order valence-electron chi connectivity index (χ4n) is 4.54. The molecular formula is C21H31NO3. The number of nitrogens with zero attached hydrogens (tertiary/aromatic N) is 1. The number of likely N-dealkylation sites (tertiary alicyclic amines) is 1. The molecule has 0 aromatic heterocycles. The Hall–Kier alpha value is -1.39. The van der Waals surface area contributed by atoms with Crippen molar-refractivity contribution in [1.82, 2.24) is 4.90 Å². The number of aliphatic hydroxyl groups is 1. The van der Waals surface area contributed by atoms with Gasteiger partial charge in [-0.2, -0.15) is 0 Å². The smallest absolute Gasteiger partial charge is 0.225 e. The second kappa shape index (κ2) is 8.33. The van der Waals surface area contributed by atoms with Crippen LogP contribution >= 0.6 is 0 Å². The SMILES string of the molecule is C[C@]1(O)CCCC[C@H]1[C@H]1CCCN1C(=O)CCOCc1ccccc1. The predicted molar refractivity (Wildman–Crippen MR) is 98.0 cm³/mol. The highest BCUT2D eigenvalue weighted by Gasteiger charge is 2.44. The van der Waals surface area contributed by atoms with Gasteiger partial charge in [0.2, 0.25) is 5.91 Å². The van der Waals surface area contributed by atoms with Gasteiger partial charge in [-0.05, 0) is 38.2 Å². The summed E-state index contributed by atoms with van der Waals surface area (Å²) in [4.78, 5) is 14.7. The van der Waals surface area contributed by atoms with Crippen LogP contribution in [0.4, 0.5) is 0 Å². The second-order valence-corrected chi connectivity index (χ2v) is 7.79. The number of benzene rings is 1. The van der Waals surface area contributed by atoms with E-state index in [4.69, 9.17) is 4.74 Å². The van der Waals surface area contributed by atoms with Crippen molar-refractivity contribution in [1.29, 1.82) is 0 Å². The fraction of sp³-hybridized carbons (Fsp3) is 0.667. The molecular weight excluding hydrogens is 314 g/mol. The van der Waals surface area contributed by atoms with Crippen molar-refractivity contribution in [2.45, 2.75) is 70.1 Å². The average Bonchev–Trinajstić information content (AvgIpc) is 3.08. The van der Waals surface area contributed by atoms with Crippen LogP contribution in [0.25, 0.3) is 0 Å². The van der Waals surface area contributed by atoms with Gasteiger partial charge in [-0.15, -0.1) is 0 Å². The number of hydrogen-bond donors (Lipinski definition) is 1. The van der Waals surface area contributed by atoms with Crippen molar-refractivity contribution in [3.63, 3.8) is 0 Å². The summed E-state index contributed by atoms with van der Waals surface area (Å²) in [6.07, 6.45) is 6.66. The zero-order valence-corrected chi connectivity index (χ0v) is 15.3. The third-order valence-corrected chi connectivity index (χ3v) is 5.90. The first-order valence-corrected chi connectivity index (χ1v) is 9.71. The predicted octanol–water partition coefficient (Wildman–Crippen LogP) is 3.53. The van der Waals surface area contributed by atoms with Crippen LogP contribution in [-0.2, 0) is 16.1 Å². The van der Waals surface area contributed by atoms with Crippen molar-refractivity contribution in [3.05, 3.63) is 35.9 Å². The lowest BCUT2D eigenvalue weighted by Crippen LogP contribution is -2.50. The van der Waals surface area contributed by atoms with E-state index in [9.17, 15) is 9.90 Å². The molecule has 1 N–H and O–H groups in total. The number of hydrogen-bond acceptors (Lipinski definition) is 3. The van der Waals surface area contributed by atoms with Crippen molar-refractivity contribution in [2.75, 3.05) is 13.2 Å². The van der Waals surface area contributed by atoms with Gasteiger partial charge in [0.05, 0.1) is 25.2 Å². The highest BCUT2D eigenvalue weighted by molar-refractivity contribution is 5.77. The van der Waals surface area contributed by atoms with E-state index in [1.54, 1.807) is 0 Å². The number of carbonyl (C=O) groups excluding carboxylic acids is 1. The van der Waals surface area contributed by atoms with Crippen LogP contribution in [0.2, 0.25) is 0 Å². The number of rotatable bonds is 6. The Balaban J connectivity index is 1.49. The molecule has 2 aliphatic rings. The maximum absolute atomic E-state index is 12.7. The monoisotopic (exact) mass is 345 g/mol. The summed E-state index contributed by atoms with van der Waals surface area (Å²) in [5.74, 6) is 0.398. The molecule has 0 spiro atoms. The lowest BCUT2D eigenvalue weighted by atomic mass is 9.72.